The van der Waals surface area contributed by atoms with Gasteiger partial charge >= 0.3 is 0 Å². The normalized spacial score (nSPS) is 22.2. The number of sulfonamides is 1. The lowest BCUT2D eigenvalue weighted by atomic mass is 10.3. The second-order valence-corrected chi connectivity index (χ2v) is 7.60. The maximum absolute atomic E-state index is 12.6. The molecule has 1 aromatic carbocycles. The number of rotatable bonds is 4. The molecule has 0 aliphatic carbocycles. The molecule has 1 atom stereocenters. The fraction of sp³-hybridized carbons (Fsp3) is 0.571. The van der Waals surface area contributed by atoms with Crippen molar-refractivity contribution in [3.05, 3.63) is 18.2 Å². The molecule has 8 heteroatoms. The van der Waals surface area contributed by atoms with Crippen molar-refractivity contribution in [2.75, 3.05) is 47.1 Å². The highest BCUT2D eigenvalue weighted by Gasteiger charge is 2.28. The van der Waals surface area contributed by atoms with Gasteiger partial charge in [-0.05, 0) is 19.2 Å². The summed E-state index contributed by atoms with van der Waals surface area (Å²) in [6.07, 6.45) is -0.118. The molecular weight excluding hydrogens is 308 g/mol. The van der Waals surface area contributed by atoms with Crippen molar-refractivity contribution in [2.45, 2.75) is 11.0 Å². The third kappa shape index (κ3) is 3.05. The predicted octanol–water partition coefficient (Wildman–Crippen LogP) is 0.366. The van der Waals surface area contributed by atoms with E-state index >= 15 is 0 Å². The molecular formula is C14H20N2O5S. The van der Waals surface area contributed by atoms with Gasteiger partial charge in [-0.1, -0.05) is 0 Å². The van der Waals surface area contributed by atoms with Gasteiger partial charge in [0, 0.05) is 32.7 Å². The first kappa shape index (κ1) is 15.5. The van der Waals surface area contributed by atoms with E-state index in [-0.39, 0.29) is 17.8 Å². The van der Waals surface area contributed by atoms with E-state index in [0.717, 1.165) is 13.1 Å². The average Bonchev–Trinajstić information content (AvgIpc) is 2.94. The number of nitrogens with zero attached hydrogens (tertiary/aromatic N) is 2. The Morgan fingerprint density at radius 2 is 2.09 bits per heavy atom. The zero-order valence-electron chi connectivity index (χ0n) is 12.7. The summed E-state index contributed by atoms with van der Waals surface area (Å²) in [6.45, 7) is 2.66. The Balaban J connectivity index is 1.74. The van der Waals surface area contributed by atoms with Gasteiger partial charge in [0.1, 0.15) is 0 Å². The smallest absolute Gasteiger partial charge is 0.243 e. The molecule has 22 heavy (non-hydrogen) atoms. The minimum absolute atomic E-state index is 0.118. The van der Waals surface area contributed by atoms with Gasteiger partial charge in [0.2, 0.25) is 16.8 Å². The molecule has 0 N–H and O–H groups in total. The van der Waals surface area contributed by atoms with E-state index in [2.05, 4.69) is 4.90 Å². The first-order valence-electron chi connectivity index (χ1n) is 7.13. The molecule has 122 valence electrons. The second kappa shape index (κ2) is 6.04. The number of fused-ring (bicyclic) bond motifs is 1. The largest absolute Gasteiger partial charge is 0.454 e. The fourth-order valence-electron chi connectivity index (χ4n) is 2.58. The second-order valence-electron chi connectivity index (χ2n) is 5.56. The van der Waals surface area contributed by atoms with Crippen molar-refractivity contribution < 1.29 is 22.6 Å². The van der Waals surface area contributed by atoms with Crippen LogP contribution in [0.15, 0.2) is 23.1 Å². The maximum Gasteiger partial charge on any atom is 0.243 e. The fourth-order valence-corrected chi connectivity index (χ4v) is 3.80. The third-order valence-corrected chi connectivity index (χ3v) is 5.67. The van der Waals surface area contributed by atoms with E-state index in [1.165, 1.54) is 16.4 Å². The molecule has 0 saturated carbocycles. The number of ether oxygens (including phenoxy) is 3. The Morgan fingerprint density at radius 1 is 1.32 bits per heavy atom. The summed E-state index contributed by atoms with van der Waals surface area (Å²) in [6, 6.07) is 4.66. The Labute approximate surface area is 130 Å². The minimum Gasteiger partial charge on any atom is -0.454 e. The van der Waals surface area contributed by atoms with Crippen molar-refractivity contribution in [1.82, 2.24) is 9.21 Å². The van der Waals surface area contributed by atoms with Gasteiger partial charge in [-0.15, -0.1) is 0 Å². The predicted molar refractivity (Wildman–Crippen MR) is 79.6 cm³/mol. The molecule has 0 bridgehead atoms. The molecule has 1 saturated heterocycles. The quantitative estimate of drug-likeness (QED) is 0.795. The monoisotopic (exact) mass is 328 g/mol. The number of morpholine rings is 1. The topological polar surface area (TPSA) is 68.3 Å². The first-order chi connectivity index (χ1) is 10.5. The van der Waals surface area contributed by atoms with Gasteiger partial charge < -0.3 is 19.1 Å². The van der Waals surface area contributed by atoms with Crippen LogP contribution in [0.25, 0.3) is 0 Å². The molecule has 2 heterocycles. The Hall–Kier alpha value is -1.35. The highest BCUT2D eigenvalue weighted by Crippen LogP contribution is 2.34. The molecule has 7 nitrogen and oxygen atoms in total. The summed E-state index contributed by atoms with van der Waals surface area (Å²) in [5.74, 6) is 1.03. The van der Waals surface area contributed by atoms with Crippen molar-refractivity contribution in [3.63, 3.8) is 0 Å². The lowest BCUT2D eigenvalue weighted by Crippen LogP contribution is -2.46. The van der Waals surface area contributed by atoms with E-state index in [9.17, 15) is 8.42 Å². The standard InChI is InChI=1S/C14H20N2O5S/c1-15-5-6-19-11(8-15)9-16(2)22(17,18)12-3-4-13-14(7-12)21-10-20-13/h3-4,7,11H,5-6,8-10H2,1-2H3. The Morgan fingerprint density at radius 3 is 2.86 bits per heavy atom. The third-order valence-electron chi connectivity index (χ3n) is 3.85. The van der Waals surface area contributed by atoms with E-state index in [1.807, 2.05) is 7.05 Å². The van der Waals surface area contributed by atoms with Crippen LogP contribution in [0, 0.1) is 0 Å². The molecule has 2 aliphatic heterocycles. The van der Waals surface area contributed by atoms with Gasteiger partial charge in [0.25, 0.3) is 0 Å². The van der Waals surface area contributed by atoms with Crippen molar-refractivity contribution in [3.8, 4) is 11.5 Å². The van der Waals surface area contributed by atoms with Crippen LogP contribution in [0.5, 0.6) is 11.5 Å². The molecule has 1 fully saturated rings. The molecule has 1 aromatic rings. The van der Waals surface area contributed by atoms with Crippen LogP contribution in [0.4, 0.5) is 0 Å². The average molecular weight is 328 g/mol. The molecule has 0 amide bonds. The van der Waals surface area contributed by atoms with Crippen LogP contribution in [-0.2, 0) is 14.8 Å². The lowest BCUT2D eigenvalue weighted by Gasteiger charge is -2.32. The summed E-state index contributed by atoms with van der Waals surface area (Å²) in [5, 5.41) is 0. The van der Waals surface area contributed by atoms with Gasteiger partial charge in [-0.2, -0.15) is 4.31 Å². The molecule has 2 aliphatic rings. The number of likely N-dealkylation sites (N-methyl/N-ethyl adjacent to an activating group) is 2. The zero-order chi connectivity index (χ0) is 15.7. The number of hydrogen-bond acceptors (Lipinski definition) is 6. The molecule has 0 aromatic heterocycles. The summed E-state index contributed by atoms with van der Waals surface area (Å²) in [7, 11) is -0.00897. The SMILES string of the molecule is CN1CCOC(CN(C)S(=O)(=O)c2ccc3c(c2)OCO3)C1. The summed E-state index contributed by atoms with van der Waals surface area (Å²) >= 11 is 0. The van der Waals surface area contributed by atoms with Crippen LogP contribution in [-0.4, -0.2) is 70.9 Å². The summed E-state index contributed by atoms with van der Waals surface area (Å²) in [5.41, 5.74) is 0. The van der Waals surface area contributed by atoms with Crippen LogP contribution >= 0.6 is 0 Å². The summed E-state index contributed by atoms with van der Waals surface area (Å²) < 4.78 is 42.7. The van der Waals surface area contributed by atoms with E-state index < -0.39 is 10.0 Å². The van der Waals surface area contributed by atoms with Crippen LogP contribution in [0.1, 0.15) is 0 Å². The van der Waals surface area contributed by atoms with Gasteiger partial charge in [0.15, 0.2) is 11.5 Å². The molecule has 3 rings (SSSR count). The van der Waals surface area contributed by atoms with Crippen LogP contribution in [0.2, 0.25) is 0 Å². The molecule has 0 spiro atoms. The van der Waals surface area contributed by atoms with E-state index in [1.54, 1.807) is 13.1 Å². The van der Waals surface area contributed by atoms with Gasteiger partial charge in [0.05, 0.1) is 17.6 Å². The van der Waals surface area contributed by atoms with Gasteiger partial charge in [-0.25, -0.2) is 8.42 Å². The van der Waals surface area contributed by atoms with E-state index in [0.29, 0.717) is 24.7 Å². The lowest BCUT2D eigenvalue weighted by molar-refractivity contribution is -0.0247. The van der Waals surface area contributed by atoms with E-state index in [4.69, 9.17) is 14.2 Å². The van der Waals surface area contributed by atoms with Crippen LogP contribution < -0.4 is 9.47 Å². The summed E-state index contributed by atoms with van der Waals surface area (Å²) in [4.78, 5) is 2.33. The Bertz CT molecular complexity index is 649. The highest BCUT2D eigenvalue weighted by molar-refractivity contribution is 7.89. The zero-order valence-corrected chi connectivity index (χ0v) is 13.5. The minimum atomic E-state index is -3.58. The van der Waals surface area contributed by atoms with Gasteiger partial charge in [-0.3, -0.25) is 0 Å². The maximum atomic E-state index is 12.6. The molecule has 1 unspecified atom stereocenters. The molecule has 0 radical (unpaired) electrons. The van der Waals surface area contributed by atoms with Crippen molar-refractivity contribution >= 4 is 10.0 Å². The number of benzene rings is 1. The first-order valence-corrected chi connectivity index (χ1v) is 8.57. The van der Waals surface area contributed by atoms with Crippen molar-refractivity contribution in [2.24, 2.45) is 0 Å². The number of hydrogen-bond donors (Lipinski definition) is 0. The van der Waals surface area contributed by atoms with Crippen molar-refractivity contribution in [1.29, 1.82) is 0 Å². The highest BCUT2D eigenvalue weighted by atomic mass is 32.2. The Kier molecular flexibility index (Phi) is 4.26. The van der Waals surface area contributed by atoms with Crippen LogP contribution in [0.3, 0.4) is 0 Å².